The average molecular weight is 567 g/mol. The number of pyridine rings is 1. The van der Waals surface area contributed by atoms with Gasteiger partial charge in [-0.3, -0.25) is 19.4 Å². The van der Waals surface area contributed by atoms with Gasteiger partial charge in [-0.1, -0.05) is 17.7 Å². The smallest absolute Gasteiger partial charge is 0.251 e. The Labute approximate surface area is 243 Å². The summed E-state index contributed by atoms with van der Waals surface area (Å²) in [5.41, 5.74) is 5.65. The Hall–Kier alpha value is -3.10. The number of ether oxygens (including phenoxy) is 1. The highest BCUT2D eigenvalue weighted by Gasteiger charge is 2.31. The molecular formula is C31H43ClN6O2. The fourth-order valence-electron chi connectivity index (χ4n) is 6.03. The highest BCUT2D eigenvalue weighted by Crippen LogP contribution is 2.35. The van der Waals surface area contributed by atoms with Crippen LogP contribution >= 0.6 is 11.6 Å². The summed E-state index contributed by atoms with van der Waals surface area (Å²) in [5.74, 6) is 0.370. The first-order chi connectivity index (χ1) is 19.2. The second-order valence-corrected chi connectivity index (χ2v) is 11.3. The standard InChI is InChI=1S/C31H43ClN6O2/c1-8-38(26-13-11-25(12-14-26)36(5)21(3)23-10-9-15-33-18-23)29-17-24(32)16-27(20(29)2)30(39)34-19-28-22(4)37(6)35-31(28)40-7/h9-10,15-18,21,25-26H,8,11-14,19H2,1-7H3,(H,34,39). The van der Waals surface area contributed by atoms with Gasteiger partial charge in [-0.15, -0.1) is 5.10 Å². The van der Waals surface area contributed by atoms with E-state index in [-0.39, 0.29) is 5.91 Å². The monoisotopic (exact) mass is 566 g/mol. The van der Waals surface area contributed by atoms with E-state index in [1.54, 1.807) is 17.9 Å². The van der Waals surface area contributed by atoms with Crippen molar-refractivity contribution in [3.8, 4) is 5.88 Å². The Morgan fingerprint density at radius 3 is 2.55 bits per heavy atom. The van der Waals surface area contributed by atoms with Gasteiger partial charge in [-0.2, -0.15) is 0 Å². The van der Waals surface area contributed by atoms with Gasteiger partial charge in [-0.05, 0) is 89.8 Å². The lowest BCUT2D eigenvalue weighted by Gasteiger charge is -2.42. The zero-order valence-corrected chi connectivity index (χ0v) is 25.6. The van der Waals surface area contributed by atoms with Gasteiger partial charge in [0.15, 0.2) is 0 Å². The van der Waals surface area contributed by atoms with Gasteiger partial charge in [0.1, 0.15) is 0 Å². The number of nitrogens with zero attached hydrogens (tertiary/aromatic N) is 5. The fraction of sp³-hybridized carbons (Fsp3) is 0.516. The normalized spacial score (nSPS) is 18.0. The van der Waals surface area contributed by atoms with E-state index in [4.69, 9.17) is 16.3 Å². The van der Waals surface area contributed by atoms with Crippen LogP contribution in [0.25, 0.3) is 0 Å². The average Bonchev–Trinajstić information content (AvgIpc) is 3.25. The number of hydrogen-bond acceptors (Lipinski definition) is 6. The summed E-state index contributed by atoms with van der Waals surface area (Å²) < 4.78 is 7.16. The third-order valence-corrected chi connectivity index (χ3v) is 8.96. The Kier molecular flexibility index (Phi) is 9.74. The van der Waals surface area contributed by atoms with E-state index in [1.165, 1.54) is 5.56 Å². The quantitative estimate of drug-likeness (QED) is 0.331. The predicted molar refractivity (Wildman–Crippen MR) is 161 cm³/mol. The van der Waals surface area contributed by atoms with E-state index >= 15 is 0 Å². The molecule has 0 aliphatic heterocycles. The van der Waals surface area contributed by atoms with Crippen LogP contribution in [0.4, 0.5) is 5.69 Å². The molecule has 40 heavy (non-hydrogen) atoms. The summed E-state index contributed by atoms with van der Waals surface area (Å²) in [4.78, 5) is 22.6. The van der Waals surface area contributed by atoms with E-state index in [9.17, 15) is 4.79 Å². The van der Waals surface area contributed by atoms with Crippen molar-refractivity contribution < 1.29 is 9.53 Å². The summed E-state index contributed by atoms with van der Waals surface area (Å²) in [6.07, 6.45) is 8.23. The zero-order chi connectivity index (χ0) is 29.0. The van der Waals surface area contributed by atoms with Crippen molar-refractivity contribution in [2.45, 2.75) is 78.0 Å². The number of methoxy groups -OCH3 is 1. The van der Waals surface area contributed by atoms with Gasteiger partial charge in [0, 0.05) is 66.1 Å². The second kappa shape index (κ2) is 13.0. The van der Waals surface area contributed by atoms with Crippen LogP contribution in [-0.4, -0.2) is 58.4 Å². The van der Waals surface area contributed by atoms with Crippen LogP contribution in [0.1, 0.15) is 78.3 Å². The number of aromatic nitrogens is 3. The number of carbonyl (C=O) groups is 1. The topological polar surface area (TPSA) is 75.5 Å². The lowest BCUT2D eigenvalue weighted by Crippen LogP contribution is -2.44. The van der Waals surface area contributed by atoms with Crippen molar-refractivity contribution in [3.63, 3.8) is 0 Å². The molecule has 1 amide bonds. The molecule has 9 heteroatoms. The molecule has 2 heterocycles. The molecule has 1 saturated carbocycles. The Balaban J connectivity index is 1.46. The summed E-state index contributed by atoms with van der Waals surface area (Å²) in [6.45, 7) is 9.61. The maximum absolute atomic E-state index is 13.4. The number of halogens is 1. The first-order valence-corrected chi connectivity index (χ1v) is 14.6. The van der Waals surface area contributed by atoms with E-state index in [1.807, 2.05) is 45.4 Å². The van der Waals surface area contributed by atoms with Crippen LogP contribution in [0.15, 0.2) is 36.7 Å². The molecule has 216 valence electrons. The number of aryl methyl sites for hydroxylation is 1. The minimum absolute atomic E-state index is 0.155. The molecule has 1 N–H and O–H groups in total. The lowest BCUT2D eigenvalue weighted by atomic mass is 9.87. The van der Waals surface area contributed by atoms with E-state index in [2.05, 4.69) is 52.2 Å². The fourth-order valence-corrected chi connectivity index (χ4v) is 6.24. The van der Waals surface area contributed by atoms with Gasteiger partial charge in [-0.25, -0.2) is 0 Å². The molecule has 1 fully saturated rings. The minimum atomic E-state index is -0.155. The number of carbonyl (C=O) groups excluding carboxylic acids is 1. The molecule has 3 aromatic rings. The summed E-state index contributed by atoms with van der Waals surface area (Å²) in [7, 11) is 5.68. The van der Waals surface area contributed by atoms with Crippen LogP contribution in [0.3, 0.4) is 0 Å². The van der Waals surface area contributed by atoms with E-state index in [0.717, 1.165) is 54.7 Å². The summed E-state index contributed by atoms with van der Waals surface area (Å²) in [5, 5.41) is 7.99. The van der Waals surface area contributed by atoms with Crippen molar-refractivity contribution >= 4 is 23.2 Å². The maximum atomic E-state index is 13.4. The van der Waals surface area contributed by atoms with Gasteiger partial charge in [0.25, 0.3) is 5.91 Å². The van der Waals surface area contributed by atoms with Gasteiger partial charge in [0.05, 0.1) is 19.2 Å². The summed E-state index contributed by atoms with van der Waals surface area (Å²) in [6, 6.07) is 9.19. The number of rotatable bonds is 10. The molecule has 0 saturated heterocycles. The van der Waals surface area contributed by atoms with E-state index in [0.29, 0.717) is 41.1 Å². The molecule has 1 aliphatic carbocycles. The molecule has 0 bridgehead atoms. The van der Waals surface area contributed by atoms with Gasteiger partial charge < -0.3 is 15.0 Å². The van der Waals surface area contributed by atoms with Crippen LogP contribution in [0.2, 0.25) is 5.02 Å². The number of anilines is 1. The first kappa shape index (κ1) is 29.9. The van der Waals surface area contributed by atoms with Crippen molar-refractivity contribution in [1.29, 1.82) is 0 Å². The third-order valence-electron chi connectivity index (χ3n) is 8.74. The number of hydrogen-bond donors (Lipinski definition) is 1. The highest BCUT2D eigenvalue weighted by atomic mass is 35.5. The zero-order valence-electron chi connectivity index (χ0n) is 24.9. The maximum Gasteiger partial charge on any atom is 0.251 e. The van der Waals surface area contributed by atoms with Crippen molar-refractivity contribution in [2.24, 2.45) is 7.05 Å². The molecular weight excluding hydrogens is 524 g/mol. The van der Waals surface area contributed by atoms with Crippen LogP contribution in [0.5, 0.6) is 5.88 Å². The minimum Gasteiger partial charge on any atom is -0.480 e. The molecule has 1 atom stereocenters. The molecule has 0 spiro atoms. The molecule has 0 radical (unpaired) electrons. The van der Waals surface area contributed by atoms with Gasteiger partial charge >= 0.3 is 0 Å². The van der Waals surface area contributed by atoms with Gasteiger partial charge in [0.2, 0.25) is 5.88 Å². The van der Waals surface area contributed by atoms with Crippen molar-refractivity contribution in [3.05, 3.63) is 69.6 Å². The van der Waals surface area contributed by atoms with Crippen LogP contribution < -0.4 is 15.0 Å². The largest absolute Gasteiger partial charge is 0.480 e. The highest BCUT2D eigenvalue weighted by molar-refractivity contribution is 6.31. The number of benzene rings is 1. The molecule has 4 rings (SSSR count). The Morgan fingerprint density at radius 2 is 1.93 bits per heavy atom. The van der Waals surface area contributed by atoms with E-state index < -0.39 is 0 Å². The first-order valence-electron chi connectivity index (χ1n) is 14.2. The number of nitrogens with one attached hydrogen (secondary N) is 1. The molecule has 1 aromatic carbocycles. The van der Waals surface area contributed by atoms with Crippen LogP contribution in [-0.2, 0) is 13.6 Å². The SMILES string of the molecule is CCN(c1cc(Cl)cc(C(=O)NCc2c(OC)nn(C)c2C)c1C)C1CCC(N(C)C(C)c2cccnc2)CC1. The molecule has 8 nitrogen and oxygen atoms in total. The Morgan fingerprint density at radius 1 is 1.23 bits per heavy atom. The van der Waals surface area contributed by atoms with Crippen molar-refractivity contribution in [2.75, 3.05) is 25.6 Å². The lowest BCUT2D eigenvalue weighted by molar-refractivity contribution is 0.0950. The van der Waals surface area contributed by atoms with Crippen molar-refractivity contribution in [1.82, 2.24) is 25.0 Å². The molecule has 1 unspecified atom stereocenters. The number of amides is 1. The predicted octanol–water partition coefficient (Wildman–Crippen LogP) is 5.85. The third kappa shape index (κ3) is 6.28. The molecule has 1 aliphatic rings. The Bertz CT molecular complexity index is 1300. The van der Waals surface area contributed by atoms with Crippen LogP contribution in [0, 0.1) is 13.8 Å². The molecule has 2 aromatic heterocycles. The second-order valence-electron chi connectivity index (χ2n) is 10.9. The summed E-state index contributed by atoms with van der Waals surface area (Å²) >= 11 is 6.61.